The maximum absolute atomic E-state index is 13.0. The van der Waals surface area contributed by atoms with Gasteiger partial charge >= 0.3 is 5.97 Å². The van der Waals surface area contributed by atoms with Gasteiger partial charge in [0.1, 0.15) is 0 Å². The molecule has 0 fully saturated rings. The minimum Gasteiger partial charge on any atom is -0.452 e. The molecule has 0 aliphatic carbocycles. The lowest BCUT2D eigenvalue weighted by Gasteiger charge is -2.22. The van der Waals surface area contributed by atoms with E-state index in [0.717, 1.165) is 5.69 Å². The van der Waals surface area contributed by atoms with Crippen LogP contribution in [0.1, 0.15) is 62.1 Å². The lowest BCUT2D eigenvalue weighted by atomic mass is 10.1. The van der Waals surface area contributed by atoms with Gasteiger partial charge in [-0.1, -0.05) is 31.5 Å². The van der Waals surface area contributed by atoms with Gasteiger partial charge in [0, 0.05) is 29.0 Å². The summed E-state index contributed by atoms with van der Waals surface area (Å²) in [7, 11) is 0. The number of halogens is 1. The summed E-state index contributed by atoms with van der Waals surface area (Å²) in [4.78, 5) is 32.0. The Bertz CT molecular complexity index is 1210. The number of esters is 1. The molecule has 1 aromatic carbocycles. The van der Waals surface area contributed by atoms with Gasteiger partial charge in [0.25, 0.3) is 5.91 Å². The Labute approximate surface area is 197 Å². The molecule has 0 bridgehead atoms. The SMILES string of the molecule is CC(C)c1cc(C(=O)OCC(=O)N(CCC#N)c2cccc(Cl)c2)c2cnn(C(C)C)c2n1. The molecule has 0 spiro atoms. The highest BCUT2D eigenvalue weighted by atomic mass is 35.5. The summed E-state index contributed by atoms with van der Waals surface area (Å²) >= 11 is 6.05. The van der Waals surface area contributed by atoms with E-state index in [2.05, 4.69) is 10.1 Å². The molecule has 2 heterocycles. The molecule has 3 rings (SSSR count). The second-order valence-electron chi connectivity index (χ2n) is 8.18. The number of hydrogen-bond acceptors (Lipinski definition) is 6. The lowest BCUT2D eigenvalue weighted by Crippen LogP contribution is -2.35. The number of rotatable bonds is 8. The zero-order valence-electron chi connectivity index (χ0n) is 19.1. The maximum atomic E-state index is 13.0. The standard InChI is InChI=1S/C24H26ClN5O3/c1-15(2)21-12-19(20-13-27-30(16(3)4)23(20)28-21)24(32)33-14-22(31)29(10-6-9-26)18-8-5-7-17(25)11-18/h5,7-8,11-13,15-16H,6,10,14H2,1-4H3. The Kier molecular flexibility index (Phi) is 7.67. The van der Waals surface area contributed by atoms with E-state index in [4.69, 9.17) is 21.6 Å². The smallest absolute Gasteiger partial charge is 0.339 e. The number of ether oxygens (including phenoxy) is 1. The summed E-state index contributed by atoms with van der Waals surface area (Å²) in [6, 6.07) is 10.5. The van der Waals surface area contributed by atoms with Gasteiger partial charge in [0.2, 0.25) is 0 Å². The van der Waals surface area contributed by atoms with Gasteiger partial charge in [-0.3, -0.25) is 4.79 Å². The van der Waals surface area contributed by atoms with Crippen LogP contribution in [-0.4, -0.2) is 39.8 Å². The zero-order chi connectivity index (χ0) is 24.1. The van der Waals surface area contributed by atoms with Crippen LogP contribution >= 0.6 is 11.6 Å². The number of anilines is 1. The van der Waals surface area contributed by atoms with E-state index in [1.54, 1.807) is 41.2 Å². The van der Waals surface area contributed by atoms with Crippen LogP contribution in [0.2, 0.25) is 5.02 Å². The summed E-state index contributed by atoms with van der Waals surface area (Å²) in [5, 5.41) is 14.4. The lowest BCUT2D eigenvalue weighted by molar-refractivity contribution is -0.121. The van der Waals surface area contributed by atoms with Crippen LogP contribution in [0, 0.1) is 11.3 Å². The number of nitrogens with zero attached hydrogens (tertiary/aromatic N) is 5. The van der Waals surface area contributed by atoms with Gasteiger partial charge in [0.15, 0.2) is 12.3 Å². The van der Waals surface area contributed by atoms with E-state index in [1.165, 1.54) is 4.90 Å². The zero-order valence-corrected chi connectivity index (χ0v) is 19.8. The second-order valence-corrected chi connectivity index (χ2v) is 8.62. The molecule has 0 saturated heterocycles. The highest BCUT2D eigenvalue weighted by molar-refractivity contribution is 6.30. The number of amides is 1. The predicted molar refractivity (Wildman–Crippen MR) is 126 cm³/mol. The monoisotopic (exact) mass is 467 g/mol. The van der Waals surface area contributed by atoms with E-state index in [-0.39, 0.29) is 24.9 Å². The normalized spacial score (nSPS) is 11.1. The Balaban J connectivity index is 1.86. The average molecular weight is 468 g/mol. The quantitative estimate of drug-likeness (QED) is 0.437. The molecular weight excluding hydrogens is 442 g/mol. The third-order valence-electron chi connectivity index (χ3n) is 5.08. The first-order chi connectivity index (χ1) is 15.7. The van der Waals surface area contributed by atoms with E-state index in [1.807, 2.05) is 33.8 Å². The Morgan fingerprint density at radius 1 is 1.24 bits per heavy atom. The number of carbonyl (C=O) groups is 2. The summed E-state index contributed by atoms with van der Waals surface area (Å²) in [6.07, 6.45) is 1.72. The Morgan fingerprint density at radius 2 is 2.00 bits per heavy atom. The molecule has 0 radical (unpaired) electrons. The predicted octanol–water partition coefficient (Wildman–Crippen LogP) is 4.89. The van der Waals surface area contributed by atoms with E-state index < -0.39 is 18.5 Å². The van der Waals surface area contributed by atoms with Crippen LogP contribution in [0.15, 0.2) is 36.5 Å². The molecule has 0 saturated carbocycles. The molecule has 9 heteroatoms. The largest absolute Gasteiger partial charge is 0.452 e. The third kappa shape index (κ3) is 5.49. The van der Waals surface area contributed by atoms with Crippen LogP contribution in [0.25, 0.3) is 11.0 Å². The fourth-order valence-electron chi connectivity index (χ4n) is 3.37. The molecule has 0 unspecified atom stereocenters. The molecule has 0 aliphatic rings. The van der Waals surface area contributed by atoms with Crippen molar-refractivity contribution < 1.29 is 14.3 Å². The highest BCUT2D eigenvalue weighted by Crippen LogP contribution is 2.25. The van der Waals surface area contributed by atoms with Crippen molar-refractivity contribution in [2.75, 3.05) is 18.1 Å². The van der Waals surface area contributed by atoms with Gasteiger partial charge in [-0.05, 0) is 44.0 Å². The van der Waals surface area contributed by atoms with Crippen molar-refractivity contribution in [3.8, 4) is 6.07 Å². The Hall–Kier alpha value is -3.44. The van der Waals surface area contributed by atoms with Crippen molar-refractivity contribution in [1.82, 2.24) is 14.8 Å². The van der Waals surface area contributed by atoms with Gasteiger partial charge in [-0.25, -0.2) is 14.5 Å². The number of pyridine rings is 1. The first kappa shape index (κ1) is 24.2. The number of aromatic nitrogens is 3. The molecule has 2 aromatic heterocycles. The number of benzene rings is 1. The third-order valence-corrected chi connectivity index (χ3v) is 5.32. The molecule has 3 aromatic rings. The summed E-state index contributed by atoms with van der Waals surface area (Å²) in [5.41, 5.74) is 2.18. The molecule has 1 amide bonds. The average Bonchev–Trinajstić information content (AvgIpc) is 3.21. The minimum absolute atomic E-state index is 0.0641. The van der Waals surface area contributed by atoms with Crippen molar-refractivity contribution in [2.24, 2.45) is 0 Å². The fourth-order valence-corrected chi connectivity index (χ4v) is 3.55. The molecule has 172 valence electrons. The van der Waals surface area contributed by atoms with E-state index in [0.29, 0.717) is 27.3 Å². The molecule has 0 aliphatic heterocycles. The van der Waals surface area contributed by atoms with Gasteiger partial charge < -0.3 is 9.64 Å². The summed E-state index contributed by atoms with van der Waals surface area (Å²) in [6.45, 7) is 7.63. The van der Waals surface area contributed by atoms with Crippen LogP contribution in [-0.2, 0) is 9.53 Å². The molecular formula is C24H26ClN5O3. The Morgan fingerprint density at radius 3 is 2.64 bits per heavy atom. The highest BCUT2D eigenvalue weighted by Gasteiger charge is 2.22. The topological polar surface area (TPSA) is 101 Å². The van der Waals surface area contributed by atoms with Crippen LogP contribution in [0.4, 0.5) is 5.69 Å². The van der Waals surface area contributed by atoms with Crippen molar-refractivity contribution in [3.05, 3.63) is 52.8 Å². The van der Waals surface area contributed by atoms with Crippen LogP contribution in [0.5, 0.6) is 0 Å². The van der Waals surface area contributed by atoms with Crippen molar-refractivity contribution in [3.63, 3.8) is 0 Å². The van der Waals surface area contributed by atoms with Crippen LogP contribution < -0.4 is 4.90 Å². The molecule has 8 nitrogen and oxygen atoms in total. The van der Waals surface area contributed by atoms with Crippen molar-refractivity contribution >= 4 is 40.2 Å². The first-order valence-electron chi connectivity index (χ1n) is 10.7. The van der Waals surface area contributed by atoms with Gasteiger partial charge in [-0.2, -0.15) is 10.4 Å². The van der Waals surface area contributed by atoms with Crippen molar-refractivity contribution in [2.45, 2.75) is 46.1 Å². The number of hydrogen-bond donors (Lipinski definition) is 0. The van der Waals surface area contributed by atoms with Gasteiger partial charge in [-0.15, -0.1) is 0 Å². The molecule has 0 atom stereocenters. The number of carbonyl (C=O) groups excluding carboxylic acids is 2. The van der Waals surface area contributed by atoms with Crippen molar-refractivity contribution in [1.29, 1.82) is 5.26 Å². The molecule has 0 N–H and O–H groups in total. The second kappa shape index (κ2) is 10.5. The summed E-state index contributed by atoms with van der Waals surface area (Å²) < 4.78 is 7.16. The fraction of sp³-hybridized carbons (Fsp3) is 0.375. The van der Waals surface area contributed by atoms with Gasteiger partial charge in [0.05, 0.1) is 29.6 Å². The summed E-state index contributed by atoms with van der Waals surface area (Å²) in [5.74, 6) is -0.997. The maximum Gasteiger partial charge on any atom is 0.339 e. The van der Waals surface area contributed by atoms with Crippen LogP contribution in [0.3, 0.4) is 0 Å². The molecule has 33 heavy (non-hydrogen) atoms. The van der Waals surface area contributed by atoms with E-state index >= 15 is 0 Å². The number of nitriles is 1. The number of fused-ring (bicyclic) bond motifs is 1. The first-order valence-corrected chi connectivity index (χ1v) is 11.1. The van der Waals surface area contributed by atoms with E-state index in [9.17, 15) is 9.59 Å². The minimum atomic E-state index is -0.632.